The molecule has 0 spiro atoms. The van der Waals surface area contributed by atoms with Crippen LogP contribution >= 0.6 is 35.4 Å². The molecule has 2 aromatic rings. The Morgan fingerprint density at radius 1 is 1.12 bits per heavy atom. The Kier molecular flexibility index (Phi) is 5.93. The zero-order valence-electron chi connectivity index (χ0n) is 13.2. The van der Waals surface area contributed by atoms with Crippen molar-refractivity contribution in [1.82, 2.24) is 9.88 Å². The third-order valence-electron chi connectivity index (χ3n) is 4.30. The summed E-state index contributed by atoms with van der Waals surface area (Å²) >= 11 is 17.8. The summed E-state index contributed by atoms with van der Waals surface area (Å²) < 4.78 is 0. The molecular formula is C18H19Cl2N3S. The van der Waals surface area contributed by atoms with Crippen molar-refractivity contribution in [1.29, 1.82) is 0 Å². The second-order valence-electron chi connectivity index (χ2n) is 5.98. The molecule has 0 bridgehead atoms. The number of hydrogen-bond donors (Lipinski definition) is 1. The molecule has 1 saturated carbocycles. The maximum atomic E-state index is 6.10. The molecule has 0 aliphatic heterocycles. The van der Waals surface area contributed by atoms with E-state index in [4.69, 9.17) is 35.4 Å². The molecule has 1 aliphatic rings. The topological polar surface area (TPSA) is 28.2 Å². The molecule has 1 fully saturated rings. The number of aromatic nitrogens is 1. The van der Waals surface area contributed by atoms with Gasteiger partial charge in [-0.2, -0.15) is 0 Å². The summed E-state index contributed by atoms with van der Waals surface area (Å²) in [6, 6.07) is 10.0. The average Bonchev–Trinajstić information content (AvgIpc) is 3.11. The van der Waals surface area contributed by atoms with Crippen molar-refractivity contribution >= 4 is 46.2 Å². The molecule has 0 atom stereocenters. The van der Waals surface area contributed by atoms with Gasteiger partial charge in [0.05, 0.1) is 10.0 Å². The lowest BCUT2D eigenvalue weighted by atomic mass is 10.2. The number of anilines is 1. The lowest BCUT2D eigenvalue weighted by Crippen LogP contribution is -2.40. The Hall–Kier alpha value is -1.36. The molecule has 0 radical (unpaired) electrons. The Morgan fingerprint density at radius 2 is 1.83 bits per heavy atom. The number of nitrogens with one attached hydrogen (secondary N) is 1. The van der Waals surface area contributed by atoms with Crippen LogP contribution in [0.4, 0.5) is 5.69 Å². The summed E-state index contributed by atoms with van der Waals surface area (Å²) in [5.41, 5.74) is 2.06. The summed E-state index contributed by atoms with van der Waals surface area (Å²) in [6.45, 7) is 0.778. The van der Waals surface area contributed by atoms with Crippen molar-refractivity contribution in [3.05, 3.63) is 58.3 Å². The molecule has 3 rings (SSSR count). The van der Waals surface area contributed by atoms with Crippen LogP contribution in [0, 0.1) is 0 Å². The highest BCUT2D eigenvalue weighted by Crippen LogP contribution is 2.28. The van der Waals surface area contributed by atoms with Crippen molar-refractivity contribution in [2.45, 2.75) is 38.3 Å². The molecule has 6 heteroatoms. The molecule has 24 heavy (non-hydrogen) atoms. The number of halogens is 2. The molecule has 3 nitrogen and oxygen atoms in total. The van der Waals surface area contributed by atoms with Crippen molar-refractivity contribution in [2.24, 2.45) is 0 Å². The van der Waals surface area contributed by atoms with Crippen LogP contribution in [0.25, 0.3) is 0 Å². The summed E-state index contributed by atoms with van der Waals surface area (Å²) in [5.74, 6) is 0. The standard InChI is InChI=1S/C18H19Cl2N3S/c19-16-6-5-14(11-17(16)20)22-18(24)23(15-3-1-2-4-15)12-13-7-9-21-10-8-13/h5-11,15H,1-4,12H2,(H,22,24). The monoisotopic (exact) mass is 379 g/mol. The number of pyridine rings is 1. The maximum absolute atomic E-state index is 6.10. The number of nitrogens with zero attached hydrogens (tertiary/aromatic N) is 2. The van der Waals surface area contributed by atoms with Crippen LogP contribution in [0.15, 0.2) is 42.7 Å². The van der Waals surface area contributed by atoms with E-state index in [9.17, 15) is 0 Å². The quantitative estimate of drug-likeness (QED) is 0.706. The van der Waals surface area contributed by atoms with Crippen molar-refractivity contribution in [3.8, 4) is 0 Å². The van der Waals surface area contributed by atoms with Gasteiger partial charge in [0, 0.05) is 30.7 Å². The third kappa shape index (κ3) is 4.38. The van der Waals surface area contributed by atoms with E-state index in [-0.39, 0.29) is 0 Å². The van der Waals surface area contributed by atoms with E-state index >= 15 is 0 Å². The highest BCUT2D eigenvalue weighted by atomic mass is 35.5. The van der Waals surface area contributed by atoms with Gasteiger partial charge in [-0.15, -0.1) is 0 Å². The van der Waals surface area contributed by atoms with Crippen molar-refractivity contribution < 1.29 is 0 Å². The van der Waals surface area contributed by atoms with E-state index in [1.165, 1.54) is 31.2 Å². The van der Waals surface area contributed by atoms with E-state index in [1.807, 2.05) is 30.6 Å². The number of rotatable bonds is 4. The fraction of sp³-hybridized carbons (Fsp3) is 0.333. The summed E-state index contributed by atoms with van der Waals surface area (Å²) in [7, 11) is 0. The normalized spacial score (nSPS) is 14.6. The number of hydrogen-bond acceptors (Lipinski definition) is 2. The first-order valence-corrected chi connectivity index (χ1v) is 9.21. The summed E-state index contributed by atoms with van der Waals surface area (Å²) in [4.78, 5) is 6.36. The minimum absolute atomic E-state index is 0.473. The molecule has 1 aromatic carbocycles. The molecule has 1 N–H and O–H groups in total. The zero-order chi connectivity index (χ0) is 16.9. The van der Waals surface area contributed by atoms with Gasteiger partial charge >= 0.3 is 0 Å². The van der Waals surface area contributed by atoms with Gasteiger partial charge in [0.15, 0.2) is 5.11 Å². The largest absolute Gasteiger partial charge is 0.342 e. The van der Waals surface area contributed by atoms with Gasteiger partial charge in [-0.3, -0.25) is 4.98 Å². The van der Waals surface area contributed by atoms with E-state index in [1.54, 1.807) is 12.1 Å². The predicted octanol–water partition coefficient (Wildman–Crippen LogP) is 5.53. The maximum Gasteiger partial charge on any atom is 0.173 e. The molecular weight excluding hydrogens is 361 g/mol. The summed E-state index contributed by atoms with van der Waals surface area (Å²) in [5, 5.41) is 5.08. The van der Waals surface area contributed by atoms with Crippen LogP contribution in [0.1, 0.15) is 31.2 Å². The fourth-order valence-electron chi connectivity index (χ4n) is 3.04. The Bertz CT molecular complexity index is 703. The van der Waals surface area contributed by atoms with Crippen LogP contribution in [0.5, 0.6) is 0 Å². The van der Waals surface area contributed by atoms with Crippen molar-refractivity contribution in [3.63, 3.8) is 0 Å². The Morgan fingerprint density at radius 3 is 2.50 bits per heavy atom. The molecule has 0 amide bonds. The lowest BCUT2D eigenvalue weighted by molar-refractivity contribution is 0.312. The Balaban J connectivity index is 1.76. The first kappa shape index (κ1) is 17.5. The van der Waals surface area contributed by atoms with Crippen LogP contribution in [-0.2, 0) is 6.54 Å². The smallest absolute Gasteiger partial charge is 0.173 e. The van der Waals surface area contributed by atoms with Gasteiger partial charge in [0.2, 0.25) is 0 Å². The molecule has 1 aromatic heterocycles. The van der Waals surface area contributed by atoms with Crippen LogP contribution in [0.3, 0.4) is 0 Å². The number of benzene rings is 1. The molecule has 1 aliphatic carbocycles. The zero-order valence-corrected chi connectivity index (χ0v) is 15.5. The highest BCUT2D eigenvalue weighted by Gasteiger charge is 2.25. The second kappa shape index (κ2) is 8.15. The molecule has 0 unspecified atom stereocenters. The minimum Gasteiger partial charge on any atom is -0.342 e. The van der Waals surface area contributed by atoms with Crippen molar-refractivity contribution in [2.75, 3.05) is 5.32 Å². The predicted molar refractivity (Wildman–Crippen MR) is 105 cm³/mol. The second-order valence-corrected chi connectivity index (χ2v) is 7.18. The third-order valence-corrected chi connectivity index (χ3v) is 5.38. The van der Waals surface area contributed by atoms with Gasteiger partial charge in [-0.05, 0) is 61.0 Å². The van der Waals surface area contributed by atoms with Gasteiger partial charge in [0.25, 0.3) is 0 Å². The highest BCUT2D eigenvalue weighted by molar-refractivity contribution is 7.80. The van der Waals surface area contributed by atoms with E-state index < -0.39 is 0 Å². The van der Waals surface area contributed by atoms with E-state index in [2.05, 4.69) is 15.2 Å². The van der Waals surface area contributed by atoms with Gasteiger partial charge in [-0.25, -0.2) is 0 Å². The lowest BCUT2D eigenvalue weighted by Gasteiger charge is -2.32. The average molecular weight is 380 g/mol. The van der Waals surface area contributed by atoms with E-state index in [0.29, 0.717) is 16.1 Å². The van der Waals surface area contributed by atoms with E-state index in [0.717, 1.165) is 17.3 Å². The molecule has 1 heterocycles. The van der Waals surface area contributed by atoms with Crippen LogP contribution in [-0.4, -0.2) is 21.0 Å². The van der Waals surface area contributed by atoms with Crippen LogP contribution in [0.2, 0.25) is 10.0 Å². The Labute approximate surface area is 158 Å². The SMILES string of the molecule is S=C(Nc1ccc(Cl)c(Cl)c1)N(Cc1ccncc1)C1CCCC1. The fourth-order valence-corrected chi connectivity index (χ4v) is 3.67. The summed E-state index contributed by atoms with van der Waals surface area (Å²) in [6.07, 6.45) is 8.50. The molecule has 0 saturated heterocycles. The number of thiocarbonyl (C=S) groups is 1. The van der Waals surface area contributed by atoms with Gasteiger partial charge < -0.3 is 10.2 Å². The first-order valence-electron chi connectivity index (χ1n) is 8.05. The van der Waals surface area contributed by atoms with Gasteiger partial charge in [0.1, 0.15) is 0 Å². The first-order chi connectivity index (χ1) is 11.6. The van der Waals surface area contributed by atoms with Crippen LogP contribution < -0.4 is 5.32 Å². The van der Waals surface area contributed by atoms with Gasteiger partial charge in [-0.1, -0.05) is 36.0 Å². The minimum atomic E-state index is 0.473. The molecule has 126 valence electrons.